The number of benzene rings is 2. The van der Waals surface area contributed by atoms with Crippen LogP contribution in [0.15, 0.2) is 83.6 Å². The number of aryl methyl sites for hydroxylation is 1. The highest BCUT2D eigenvalue weighted by atomic mass is 79.9. The second-order valence-corrected chi connectivity index (χ2v) is 9.03. The Hall–Kier alpha value is -3.17. The second kappa shape index (κ2) is 8.76. The third kappa shape index (κ3) is 4.13. The van der Waals surface area contributed by atoms with Gasteiger partial charge in [-0.25, -0.2) is 9.97 Å². The second-order valence-electron chi connectivity index (χ2n) is 7.12. The molecular weight excluding hydrogens is 490 g/mol. The first kappa shape index (κ1) is 20.7. The lowest BCUT2D eigenvalue weighted by Crippen LogP contribution is -2.22. The van der Waals surface area contributed by atoms with Crippen molar-refractivity contribution in [2.75, 3.05) is 0 Å². The maximum absolute atomic E-state index is 13.1. The maximum Gasteiger partial charge on any atom is 0.282 e. The van der Waals surface area contributed by atoms with Gasteiger partial charge in [-0.1, -0.05) is 35.0 Å². The van der Waals surface area contributed by atoms with E-state index in [-0.39, 0.29) is 5.56 Å². The Morgan fingerprint density at radius 2 is 2.03 bits per heavy atom. The number of nitrogens with zero attached hydrogens (tertiary/aromatic N) is 4. The van der Waals surface area contributed by atoms with Crippen LogP contribution >= 0.6 is 27.7 Å². The lowest BCUT2D eigenvalue weighted by molar-refractivity contribution is 0.468. The van der Waals surface area contributed by atoms with Crippen LogP contribution in [0.5, 0.6) is 0 Å². The minimum Gasteiger partial charge on any atom is -0.448 e. The Labute approximate surface area is 195 Å². The van der Waals surface area contributed by atoms with Crippen molar-refractivity contribution in [2.45, 2.75) is 30.0 Å². The average Bonchev–Trinajstić information content (AvgIpc) is 3.40. The standard InChI is InChI=1S/C23H18BrN5O2S/c1-2-5-20-26-17-10-8-14(24)12-16(17)22(30)29(20)25-13-15-9-11-21(31-15)32-23-27-18-6-3-4-7-19(18)28-23/h3-4,6-13H,2,5H2,1H3,(H,27,28). The van der Waals surface area contributed by atoms with E-state index in [1.54, 1.807) is 6.07 Å². The molecule has 0 aliphatic carbocycles. The SMILES string of the molecule is CCCc1nc2ccc(Br)cc2c(=O)n1N=Cc1ccc(Sc2nc3ccccc3[nH]2)o1. The fraction of sp³-hybridized carbons (Fsp3) is 0.130. The molecule has 5 aromatic rings. The van der Waals surface area contributed by atoms with E-state index in [1.807, 2.05) is 55.5 Å². The minimum atomic E-state index is -0.209. The Morgan fingerprint density at radius 1 is 1.16 bits per heavy atom. The van der Waals surface area contributed by atoms with E-state index in [1.165, 1.54) is 22.7 Å². The van der Waals surface area contributed by atoms with Crippen molar-refractivity contribution in [3.05, 3.63) is 81.0 Å². The molecule has 160 valence electrons. The van der Waals surface area contributed by atoms with Crippen LogP contribution in [-0.4, -0.2) is 25.8 Å². The molecule has 2 aromatic carbocycles. The van der Waals surface area contributed by atoms with Crippen molar-refractivity contribution >= 4 is 55.8 Å². The fourth-order valence-corrected chi connectivity index (χ4v) is 4.48. The summed E-state index contributed by atoms with van der Waals surface area (Å²) in [4.78, 5) is 25.5. The first-order valence-electron chi connectivity index (χ1n) is 10.1. The first-order chi connectivity index (χ1) is 15.6. The van der Waals surface area contributed by atoms with Crippen LogP contribution in [0, 0.1) is 0 Å². The van der Waals surface area contributed by atoms with E-state index < -0.39 is 0 Å². The average molecular weight is 508 g/mol. The van der Waals surface area contributed by atoms with Gasteiger partial charge in [0.2, 0.25) is 0 Å². The van der Waals surface area contributed by atoms with Crippen LogP contribution in [0.25, 0.3) is 21.9 Å². The predicted octanol–water partition coefficient (Wildman–Crippen LogP) is 5.61. The largest absolute Gasteiger partial charge is 0.448 e. The van der Waals surface area contributed by atoms with Crippen LogP contribution < -0.4 is 5.56 Å². The highest BCUT2D eigenvalue weighted by molar-refractivity contribution is 9.10. The third-order valence-electron chi connectivity index (χ3n) is 4.82. The quantitative estimate of drug-likeness (QED) is 0.301. The lowest BCUT2D eigenvalue weighted by atomic mass is 10.2. The van der Waals surface area contributed by atoms with Gasteiger partial charge in [0.25, 0.3) is 5.56 Å². The van der Waals surface area contributed by atoms with E-state index in [0.29, 0.717) is 34.0 Å². The van der Waals surface area contributed by atoms with Crippen molar-refractivity contribution in [1.29, 1.82) is 0 Å². The third-order valence-corrected chi connectivity index (χ3v) is 6.12. The summed E-state index contributed by atoms with van der Waals surface area (Å²) >= 11 is 4.81. The van der Waals surface area contributed by atoms with Crippen LogP contribution in [0.1, 0.15) is 24.9 Å². The summed E-state index contributed by atoms with van der Waals surface area (Å²) in [5, 5.41) is 6.33. The molecule has 9 heteroatoms. The predicted molar refractivity (Wildman–Crippen MR) is 130 cm³/mol. The topological polar surface area (TPSA) is 89.1 Å². The molecule has 5 rings (SSSR count). The summed E-state index contributed by atoms with van der Waals surface area (Å²) in [5.41, 5.74) is 2.33. The van der Waals surface area contributed by atoms with Gasteiger partial charge in [0.05, 0.1) is 28.2 Å². The molecule has 0 aliphatic heterocycles. The van der Waals surface area contributed by atoms with E-state index in [4.69, 9.17) is 4.42 Å². The van der Waals surface area contributed by atoms with Gasteiger partial charge in [0.15, 0.2) is 10.2 Å². The molecule has 0 bridgehead atoms. The molecule has 0 saturated heterocycles. The molecule has 0 aliphatic rings. The highest BCUT2D eigenvalue weighted by Gasteiger charge is 2.11. The number of aromatic amines is 1. The Balaban J connectivity index is 1.44. The Bertz CT molecular complexity index is 1490. The van der Waals surface area contributed by atoms with Gasteiger partial charge in [-0.2, -0.15) is 9.78 Å². The summed E-state index contributed by atoms with van der Waals surface area (Å²) < 4.78 is 8.04. The van der Waals surface area contributed by atoms with Crippen LogP contribution in [0.2, 0.25) is 0 Å². The van der Waals surface area contributed by atoms with E-state index >= 15 is 0 Å². The molecule has 3 heterocycles. The number of hydrogen-bond donors (Lipinski definition) is 1. The van der Waals surface area contributed by atoms with Gasteiger partial charge in [-0.3, -0.25) is 4.79 Å². The molecule has 3 aromatic heterocycles. The zero-order valence-corrected chi connectivity index (χ0v) is 19.5. The van der Waals surface area contributed by atoms with E-state index in [0.717, 1.165) is 27.1 Å². The van der Waals surface area contributed by atoms with E-state index in [2.05, 4.69) is 36.0 Å². The van der Waals surface area contributed by atoms with Crippen LogP contribution in [-0.2, 0) is 6.42 Å². The zero-order valence-electron chi connectivity index (χ0n) is 17.1. The number of aromatic nitrogens is 4. The molecule has 0 spiro atoms. The number of fused-ring (bicyclic) bond motifs is 2. The van der Waals surface area contributed by atoms with Gasteiger partial charge < -0.3 is 9.40 Å². The van der Waals surface area contributed by atoms with Crippen LogP contribution in [0.4, 0.5) is 0 Å². The van der Waals surface area contributed by atoms with Gasteiger partial charge in [0.1, 0.15) is 11.6 Å². The van der Waals surface area contributed by atoms with E-state index in [9.17, 15) is 4.79 Å². The first-order valence-corrected chi connectivity index (χ1v) is 11.7. The Morgan fingerprint density at radius 3 is 2.88 bits per heavy atom. The maximum atomic E-state index is 13.1. The molecule has 1 N–H and O–H groups in total. The van der Waals surface area contributed by atoms with Gasteiger partial charge >= 0.3 is 0 Å². The summed E-state index contributed by atoms with van der Waals surface area (Å²) in [5.74, 6) is 1.15. The summed E-state index contributed by atoms with van der Waals surface area (Å²) in [6, 6.07) is 17.0. The number of furan rings is 1. The molecule has 0 atom stereocenters. The smallest absolute Gasteiger partial charge is 0.282 e. The normalized spacial score (nSPS) is 11.8. The molecule has 0 fully saturated rings. The van der Waals surface area contributed by atoms with Crippen molar-refractivity contribution in [3.63, 3.8) is 0 Å². The molecule has 0 unspecified atom stereocenters. The van der Waals surface area contributed by atoms with Crippen molar-refractivity contribution in [3.8, 4) is 0 Å². The number of imidazole rings is 1. The Kier molecular flexibility index (Phi) is 5.67. The number of hydrogen-bond acceptors (Lipinski definition) is 6. The number of rotatable bonds is 6. The van der Waals surface area contributed by atoms with Gasteiger partial charge in [-0.05, 0) is 60.6 Å². The summed E-state index contributed by atoms with van der Waals surface area (Å²) in [6.07, 6.45) is 3.03. The molecule has 0 saturated carbocycles. The monoisotopic (exact) mass is 507 g/mol. The van der Waals surface area contributed by atoms with Crippen molar-refractivity contribution < 1.29 is 4.42 Å². The molecular formula is C23H18BrN5O2S. The molecule has 7 nitrogen and oxygen atoms in total. The summed E-state index contributed by atoms with van der Waals surface area (Å²) in [7, 11) is 0. The molecule has 0 radical (unpaired) electrons. The van der Waals surface area contributed by atoms with Crippen LogP contribution in [0.3, 0.4) is 0 Å². The van der Waals surface area contributed by atoms with Crippen molar-refractivity contribution in [2.24, 2.45) is 5.10 Å². The number of H-pyrrole nitrogens is 1. The highest BCUT2D eigenvalue weighted by Crippen LogP contribution is 2.28. The van der Waals surface area contributed by atoms with Gasteiger partial charge in [-0.15, -0.1) is 0 Å². The molecule has 32 heavy (non-hydrogen) atoms. The fourth-order valence-electron chi connectivity index (χ4n) is 3.35. The summed E-state index contributed by atoms with van der Waals surface area (Å²) in [6.45, 7) is 2.04. The zero-order chi connectivity index (χ0) is 22.1. The number of halogens is 1. The number of para-hydroxylation sites is 2. The number of nitrogens with one attached hydrogen (secondary N) is 1. The van der Waals surface area contributed by atoms with Gasteiger partial charge in [0, 0.05) is 10.9 Å². The molecule has 0 amide bonds. The van der Waals surface area contributed by atoms with Crippen molar-refractivity contribution in [1.82, 2.24) is 19.6 Å². The lowest BCUT2D eigenvalue weighted by Gasteiger charge is -2.08. The minimum absolute atomic E-state index is 0.209.